The number of allylic oxidation sites excluding steroid dienone is 2. The quantitative estimate of drug-likeness (QED) is 0.488. The second-order valence-electron chi connectivity index (χ2n) is 12.2. The zero-order valence-corrected chi connectivity index (χ0v) is 19.3. The van der Waals surface area contributed by atoms with Gasteiger partial charge < -0.3 is 5.11 Å². The van der Waals surface area contributed by atoms with Crippen LogP contribution in [0.25, 0.3) is 0 Å². The van der Waals surface area contributed by atoms with Crippen molar-refractivity contribution in [1.82, 2.24) is 0 Å². The first kappa shape index (κ1) is 21.0. The molecule has 4 rings (SSSR count). The highest BCUT2D eigenvalue weighted by molar-refractivity contribution is 5.27. The van der Waals surface area contributed by atoms with E-state index in [2.05, 4.69) is 40.7 Å². The summed E-state index contributed by atoms with van der Waals surface area (Å²) in [6.07, 6.45) is 17.2. The fourth-order valence-corrected chi connectivity index (χ4v) is 8.51. The van der Waals surface area contributed by atoms with Crippen LogP contribution in [0.2, 0.25) is 0 Å². The maximum absolute atomic E-state index is 10.2. The van der Waals surface area contributed by atoms with Crippen molar-refractivity contribution in [3.05, 3.63) is 11.6 Å². The Balaban J connectivity index is 1.50. The fourth-order valence-electron chi connectivity index (χ4n) is 8.51. The molecule has 3 fully saturated rings. The van der Waals surface area contributed by atoms with E-state index in [-0.39, 0.29) is 6.10 Å². The number of aliphatic hydroxyl groups excluding tert-OH is 1. The Labute approximate surface area is 174 Å². The molecular formula is C27H46O. The molecule has 0 aromatic heterocycles. The van der Waals surface area contributed by atoms with Crippen molar-refractivity contribution >= 4 is 0 Å². The molecule has 3 saturated carbocycles. The van der Waals surface area contributed by atoms with Crippen molar-refractivity contribution in [2.24, 2.45) is 46.3 Å². The Hall–Kier alpha value is -0.300. The zero-order valence-electron chi connectivity index (χ0n) is 19.3. The van der Waals surface area contributed by atoms with Crippen molar-refractivity contribution < 1.29 is 5.11 Å². The van der Waals surface area contributed by atoms with E-state index in [1.54, 1.807) is 0 Å². The van der Waals surface area contributed by atoms with Crippen molar-refractivity contribution in [2.45, 2.75) is 111 Å². The van der Waals surface area contributed by atoms with Gasteiger partial charge in [0.15, 0.2) is 0 Å². The van der Waals surface area contributed by atoms with E-state index < -0.39 is 0 Å². The van der Waals surface area contributed by atoms with E-state index >= 15 is 0 Å². The number of rotatable bonds is 5. The highest BCUT2D eigenvalue weighted by Gasteiger charge is 2.58. The normalized spacial score (nSPS) is 46.5. The van der Waals surface area contributed by atoms with Crippen LogP contribution in [-0.4, -0.2) is 11.2 Å². The molecule has 0 aromatic carbocycles. The number of fused-ring (bicyclic) bond motifs is 5. The summed E-state index contributed by atoms with van der Waals surface area (Å²) in [5.74, 6) is 5.07. The Morgan fingerprint density at radius 3 is 2.43 bits per heavy atom. The van der Waals surface area contributed by atoms with Crippen LogP contribution < -0.4 is 0 Å². The van der Waals surface area contributed by atoms with E-state index in [0.717, 1.165) is 48.3 Å². The number of aliphatic hydroxyl groups is 1. The van der Waals surface area contributed by atoms with Gasteiger partial charge in [-0.25, -0.2) is 0 Å². The van der Waals surface area contributed by atoms with Gasteiger partial charge in [0.25, 0.3) is 0 Å². The maximum atomic E-state index is 10.2. The predicted molar refractivity (Wildman–Crippen MR) is 119 cm³/mol. The van der Waals surface area contributed by atoms with Gasteiger partial charge in [-0.15, -0.1) is 0 Å². The predicted octanol–water partition coefficient (Wildman–Crippen LogP) is 7.39. The average Bonchev–Trinajstić information content (AvgIpc) is 2.99. The molecule has 1 heteroatoms. The van der Waals surface area contributed by atoms with Crippen molar-refractivity contribution in [1.29, 1.82) is 0 Å². The van der Waals surface area contributed by atoms with Crippen LogP contribution >= 0.6 is 0 Å². The minimum absolute atomic E-state index is 0.0376. The van der Waals surface area contributed by atoms with E-state index in [1.165, 1.54) is 57.8 Å². The second kappa shape index (κ2) is 7.75. The van der Waals surface area contributed by atoms with Gasteiger partial charge >= 0.3 is 0 Å². The summed E-state index contributed by atoms with van der Waals surface area (Å²) in [6.45, 7) is 12.6. The lowest BCUT2D eigenvalue weighted by molar-refractivity contribution is -0.0427. The summed E-state index contributed by atoms with van der Waals surface area (Å²) < 4.78 is 0. The Morgan fingerprint density at radius 2 is 1.68 bits per heavy atom. The van der Waals surface area contributed by atoms with Crippen LogP contribution in [0.3, 0.4) is 0 Å². The lowest BCUT2D eigenvalue weighted by Crippen LogP contribution is -2.49. The molecule has 0 saturated heterocycles. The van der Waals surface area contributed by atoms with Crippen LogP contribution in [0.5, 0.6) is 0 Å². The second-order valence-corrected chi connectivity index (χ2v) is 12.2. The molecule has 160 valence electrons. The molecule has 1 nitrogen and oxygen atoms in total. The topological polar surface area (TPSA) is 20.2 Å². The van der Waals surface area contributed by atoms with Crippen LogP contribution in [0, 0.1) is 46.3 Å². The molecule has 0 unspecified atom stereocenters. The van der Waals surface area contributed by atoms with E-state index in [9.17, 15) is 5.11 Å². The maximum Gasteiger partial charge on any atom is 0.0543 e. The van der Waals surface area contributed by atoms with Gasteiger partial charge in [0, 0.05) is 0 Å². The van der Waals surface area contributed by atoms with Crippen LogP contribution in [-0.2, 0) is 0 Å². The van der Waals surface area contributed by atoms with Gasteiger partial charge in [-0.1, -0.05) is 65.5 Å². The third-order valence-corrected chi connectivity index (χ3v) is 10.3. The van der Waals surface area contributed by atoms with Gasteiger partial charge in [0.1, 0.15) is 0 Å². The molecule has 0 bridgehead atoms. The van der Waals surface area contributed by atoms with E-state index in [0.29, 0.717) is 10.8 Å². The third kappa shape index (κ3) is 3.42. The smallest absolute Gasteiger partial charge is 0.0543 e. The van der Waals surface area contributed by atoms with Gasteiger partial charge in [-0.2, -0.15) is 0 Å². The standard InChI is InChI=1S/C27H46O/c1-18(2)7-6-8-19(3)23-11-12-24-22-10-9-20-17-21(28)13-15-26(20,4)25(22)14-16-27(23,24)5/h10,18-21,23-25,28H,6-9,11-17H2,1-5H3/t19-,20+,21+,23+,24+,25-,26+,27-/m1/s1. The zero-order chi connectivity index (χ0) is 20.1. The van der Waals surface area contributed by atoms with Gasteiger partial charge in [-0.05, 0) is 97.7 Å². The third-order valence-electron chi connectivity index (χ3n) is 10.3. The van der Waals surface area contributed by atoms with Crippen LogP contribution in [0.15, 0.2) is 11.6 Å². The highest BCUT2D eigenvalue weighted by Crippen LogP contribution is 2.66. The molecule has 0 heterocycles. The molecule has 4 aliphatic carbocycles. The summed E-state index contributed by atoms with van der Waals surface area (Å²) in [4.78, 5) is 0. The number of hydrogen-bond donors (Lipinski definition) is 1. The first-order chi connectivity index (χ1) is 13.3. The Kier molecular flexibility index (Phi) is 5.80. The minimum Gasteiger partial charge on any atom is -0.393 e. The van der Waals surface area contributed by atoms with Crippen LogP contribution in [0.4, 0.5) is 0 Å². The first-order valence-corrected chi connectivity index (χ1v) is 12.6. The largest absolute Gasteiger partial charge is 0.393 e. The Bertz CT molecular complexity index is 591. The molecule has 8 atom stereocenters. The molecule has 1 N–H and O–H groups in total. The number of hydrogen-bond acceptors (Lipinski definition) is 1. The van der Waals surface area contributed by atoms with Gasteiger partial charge in [-0.3, -0.25) is 0 Å². The Morgan fingerprint density at radius 1 is 0.964 bits per heavy atom. The molecule has 0 amide bonds. The molecule has 0 spiro atoms. The lowest BCUT2D eigenvalue weighted by atomic mass is 9.47. The summed E-state index contributed by atoms with van der Waals surface area (Å²) >= 11 is 0. The summed E-state index contributed by atoms with van der Waals surface area (Å²) in [5, 5.41) is 10.2. The van der Waals surface area contributed by atoms with E-state index in [4.69, 9.17) is 0 Å². The van der Waals surface area contributed by atoms with Gasteiger partial charge in [0.2, 0.25) is 0 Å². The van der Waals surface area contributed by atoms with E-state index in [1.807, 2.05) is 5.57 Å². The molecule has 4 aliphatic rings. The van der Waals surface area contributed by atoms with Gasteiger partial charge in [0.05, 0.1) is 6.10 Å². The first-order valence-electron chi connectivity index (χ1n) is 12.6. The van der Waals surface area contributed by atoms with Crippen LogP contribution in [0.1, 0.15) is 105 Å². The summed E-state index contributed by atoms with van der Waals surface area (Å²) in [7, 11) is 0. The summed E-state index contributed by atoms with van der Waals surface area (Å²) in [5.41, 5.74) is 2.89. The fraction of sp³-hybridized carbons (Fsp3) is 0.926. The highest BCUT2D eigenvalue weighted by atomic mass is 16.3. The average molecular weight is 387 g/mol. The SMILES string of the molecule is CC(C)CCC[C@@H](C)[C@@H]1CC[C@H]2C3=CC[C@H]4C[C@@H](O)CC[C@]4(C)[C@@H]3CC[C@@]21C. The monoisotopic (exact) mass is 386 g/mol. The van der Waals surface area contributed by atoms with Crippen molar-refractivity contribution in [3.8, 4) is 0 Å². The molecule has 0 aliphatic heterocycles. The van der Waals surface area contributed by atoms with Crippen molar-refractivity contribution in [3.63, 3.8) is 0 Å². The molecular weight excluding hydrogens is 340 g/mol. The molecule has 28 heavy (non-hydrogen) atoms. The lowest BCUT2D eigenvalue weighted by Gasteiger charge is -2.57. The molecule has 0 radical (unpaired) electrons. The molecule has 0 aromatic rings. The van der Waals surface area contributed by atoms with Crippen molar-refractivity contribution in [2.75, 3.05) is 0 Å². The summed E-state index contributed by atoms with van der Waals surface area (Å²) in [6, 6.07) is 0. The minimum atomic E-state index is -0.0376.